The van der Waals surface area contributed by atoms with Gasteiger partial charge in [-0.15, -0.1) is 5.10 Å². The fourth-order valence-corrected chi connectivity index (χ4v) is 4.26. The zero-order chi connectivity index (χ0) is 24.1. The van der Waals surface area contributed by atoms with Gasteiger partial charge in [0.1, 0.15) is 11.9 Å². The third-order valence-electron chi connectivity index (χ3n) is 5.96. The van der Waals surface area contributed by atoms with Gasteiger partial charge in [0.05, 0.1) is 25.4 Å². The topological polar surface area (TPSA) is 111 Å². The number of hydrogen-bond donors (Lipinski definition) is 2. The summed E-state index contributed by atoms with van der Waals surface area (Å²) in [6.45, 7) is 4.19. The number of aryl methyl sites for hydroxylation is 1. The average Bonchev–Trinajstić information content (AvgIpc) is 3.59. The minimum Gasteiger partial charge on any atom is -0.453 e. The van der Waals surface area contributed by atoms with Gasteiger partial charge in [0.15, 0.2) is 5.82 Å². The van der Waals surface area contributed by atoms with Crippen molar-refractivity contribution in [3.05, 3.63) is 40.9 Å². The number of benzene rings is 1. The van der Waals surface area contributed by atoms with Crippen LogP contribution in [0.2, 0.25) is 5.02 Å². The maximum absolute atomic E-state index is 13.3. The van der Waals surface area contributed by atoms with Crippen LogP contribution in [-0.2, 0) is 20.7 Å². The van der Waals surface area contributed by atoms with E-state index in [1.54, 1.807) is 10.7 Å². The summed E-state index contributed by atoms with van der Waals surface area (Å²) in [7, 11) is 1.33. The second-order valence-corrected chi connectivity index (χ2v) is 8.95. The van der Waals surface area contributed by atoms with E-state index in [2.05, 4.69) is 15.4 Å². The molecule has 1 aromatic heterocycles. The number of ether oxygens (including phenoxy) is 2. The number of hydrogen-bond acceptors (Lipinski definition) is 7. The number of carbonyl (C=O) groups excluding carboxylic acids is 2. The molecule has 2 fully saturated rings. The van der Waals surface area contributed by atoms with Gasteiger partial charge in [-0.2, -0.15) is 0 Å². The van der Waals surface area contributed by atoms with Crippen molar-refractivity contribution in [2.75, 3.05) is 33.4 Å². The quantitative estimate of drug-likeness (QED) is 0.518. The summed E-state index contributed by atoms with van der Waals surface area (Å²) < 4.78 is 12.1. The summed E-state index contributed by atoms with van der Waals surface area (Å²) in [6, 6.07) is 7.27. The largest absolute Gasteiger partial charge is 0.453 e. The number of nitrogens with one attached hydrogen (secondary N) is 2. The first-order valence-corrected chi connectivity index (χ1v) is 12.0. The van der Waals surface area contributed by atoms with Crippen LogP contribution >= 0.6 is 11.6 Å². The number of nitrogens with zero attached hydrogens (tertiary/aromatic N) is 4. The molecule has 34 heavy (non-hydrogen) atoms. The van der Waals surface area contributed by atoms with Gasteiger partial charge in [-0.25, -0.2) is 14.5 Å². The lowest BCUT2D eigenvalue weighted by molar-refractivity contribution is -0.148. The van der Waals surface area contributed by atoms with E-state index in [4.69, 9.17) is 26.4 Å². The van der Waals surface area contributed by atoms with Crippen molar-refractivity contribution in [3.8, 4) is 5.69 Å². The summed E-state index contributed by atoms with van der Waals surface area (Å²) in [5, 5.41) is 11.3. The molecule has 4 rings (SSSR count). The second kappa shape index (κ2) is 11.2. The first-order chi connectivity index (χ1) is 16.5. The predicted molar refractivity (Wildman–Crippen MR) is 126 cm³/mol. The zero-order valence-electron chi connectivity index (χ0n) is 19.5. The van der Waals surface area contributed by atoms with Gasteiger partial charge in [-0.1, -0.05) is 17.7 Å². The molecule has 184 valence electrons. The van der Waals surface area contributed by atoms with Gasteiger partial charge in [-0.05, 0) is 44.4 Å². The van der Waals surface area contributed by atoms with Crippen molar-refractivity contribution >= 4 is 23.6 Å². The number of amides is 2. The van der Waals surface area contributed by atoms with Crippen LogP contribution in [0.15, 0.2) is 24.3 Å². The van der Waals surface area contributed by atoms with Crippen LogP contribution in [0.5, 0.6) is 0 Å². The third-order valence-corrected chi connectivity index (χ3v) is 6.20. The van der Waals surface area contributed by atoms with E-state index in [0.717, 1.165) is 30.9 Å². The fraction of sp³-hybridized carbons (Fsp3) is 0.565. The number of carbonyl (C=O) groups is 2. The van der Waals surface area contributed by atoms with Crippen LogP contribution in [0, 0.1) is 0 Å². The molecule has 0 radical (unpaired) electrons. The minimum atomic E-state index is -0.490. The molecule has 0 bridgehead atoms. The highest BCUT2D eigenvalue weighted by molar-refractivity contribution is 6.30. The summed E-state index contributed by atoms with van der Waals surface area (Å²) >= 11 is 6.23. The molecule has 2 aromatic rings. The normalized spacial score (nSPS) is 18.9. The van der Waals surface area contributed by atoms with Crippen LogP contribution in [0.25, 0.3) is 5.69 Å². The molecule has 0 unspecified atom stereocenters. The van der Waals surface area contributed by atoms with E-state index >= 15 is 0 Å². The van der Waals surface area contributed by atoms with Crippen LogP contribution in [0.3, 0.4) is 0 Å². The zero-order valence-corrected chi connectivity index (χ0v) is 20.3. The van der Waals surface area contributed by atoms with Crippen LogP contribution < -0.4 is 10.6 Å². The Bertz CT molecular complexity index is 1010. The Labute approximate surface area is 203 Å². The molecular formula is C23H31ClN6O4. The molecule has 1 aromatic carbocycles. The van der Waals surface area contributed by atoms with Crippen LogP contribution in [-0.4, -0.2) is 77.2 Å². The van der Waals surface area contributed by atoms with Gasteiger partial charge in [-0.3, -0.25) is 4.79 Å². The summed E-state index contributed by atoms with van der Waals surface area (Å²) in [6.07, 6.45) is 2.20. The monoisotopic (exact) mass is 490 g/mol. The Morgan fingerprint density at radius 1 is 1.41 bits per heavy atom. The van der Waals surface area contributed by atoms with Crippen molar-refractivity contribution < 1.29 is 19.1 Å². The minimum absolute atomic E-state index is 0.0230. The third kappa shape index (κ3) is 5.86. The Kier molecular flexibility index (Phi) is 8.02. The summed E-state index contributed by atoms with van der Waals surface area (Å²) in [5.41, 5.74) is 0.790. The molecule has 1 saturated carbocycles. The lowest BCUT2D eigenvalue weighted by Crippen LogP contribution is -2.50. The van der Waals surface area contributed by atoms with Crippen molar-refractivity contribution in [2.45, 2.75) is 50.8 Å². The molecule has 1 aliphatic heterocycles. The number of aromatic nitrogens is 3. The van der Waals surface area contributed by atoms with E-state index in [0.29, 0.717) is 43.4 Å². The van der Waals surface area contributed by atoms with E-state index in [1.807, 2.05) is 30.0 Å². The smallest absolute Gasteiger partial charge is 0.406 e. The first kappa shape index (κ1) is 24.4. The molecule has 2 atom stereocenters. The summed E-state index contributed by atoms with van der Waals surface area (Å²) in [4.78, 5) is 31.4. The highest BCUT2D eigenvalue weighted by atomic mass is 35.5. The Hall–Kier alpha value is -2.69. The van der Waals surface area contributed by atoms with E-state index in [9.17, 15) is 9.59 Å². The van der Waals surface area contributed by atoms with Crippen molar-refractivity contribution in [1.29, 1.82) is 0 Å². The maximum Gasteiger partial charge on any atom is 0.406 e. The Morgan fingerprint density at radius 2 is 2.24 bits per heavy atom. The van der Waals surface area contributed by atoms with Gasteiger partial charge in [0.2, 0.25) is 0 Å². The Morgan fingerprint density at radius 3 is 2.91 bits per heavy atom. The van der Waals surface area contributed by atoms with Crippen molar-refractivity contribution in [3.63, 3.8) is 0 Å². The molecular weight excluding hydrogens is 460 g/mol. The predicted octanol–water partition coefficient (Wildman–Crippen LogP) is 2.25. The van der Waals surface area contributed by atoms with Gasteiger partial charge in [0.25, 0.3) is 5.91 Å². The molecule has 2 aliphatic rings. The molecule has 1 aliphatic carbocycles. The fourth-order valence-electron chi connectivity index (χ4n) is 4.08. The molecule has 1 saturated heterocycles. The second-order valence-electron chi connectivity index (χ2n) is 8.52. The Balaban J connectivity index is 1.57. The van der Waals surface area contributed by atoms with Gasteiger partial charge in [0, 0.05) is 37.1 Å². The van der Waals surface area contributed by atoms with E-state index in [-0.39, 0.29) is 18.0 Å². The van der Waals surface area contributed by atoms with E-state index < -0.39 is 12.2 Å². The van der Waals surface area contributed by atoms with E-state index in [1.165, 1.54) is 7.11 Å². The lowest BCUT2D eigenvalue weighted by atomic mass is 10.2. The first-order valence-electron chi connectivity index (χ1n) is 11.7. The molecule has 11 heteroatoms. The molecule has 2 heterocycles. The van der Waals surface area contributed by atoms with Crippen LogP contribution in [0.4, 0.5) is 4.79 Å². The average molecular weight is 491 g/mol. The van der Waals surface area contributed by atoms with Crippen LogP contribution in [0.1, 0.15) is 43.9 Å². The highest BCUT2D eigenvalue weighted by Gasteiger charge is 2.41. The highest BCUT2D eigenvalue weighted by Crippen LogP contribution is 2.35. The molecule has 2 N–H and O–H groups in total. The standard InChI is InChI=1S/C23H31ClN6O4/c1-15(29(17-8-9-17)22(31)19-14-25-11-12-34-19)21-27-20(7-4-10-26-23(32)33-2)30(28-21)18-6-3-5-16(24)13-18/h3,5-6,13,15,17,19,25H,4,7-12,14H2,1-2H3,(H,26,32)/t15-,19-/m1/s1. The number of halogens is 1. The summed E-state index contributed by atoms with van der Waals surface area (Å²) in [5.74, 6) is 1.28. The van der Waals surface area contributed by atoms with Gasteiger partial charge >= 0.3 is 6.09 Å². The molecule has 2 amide bonds. The molecule has 0 spiro atoms. The number of methoxy groups -OCH3 is 1. The van der Waals surface area contributed by atoms with Crippen molar-refractivity contribution in [2.24, 2.45) is 0 Å². The molecule has 10 nitrogen and oxygen atoms in total. The number of morpholine rings is 1. The number of alkyl carbamates (subject to hydrolysis) is 1. The maximum atomic E-state index is 13.3. The van der Waals surface area contributed by atoms with Gasteiger partial charge < -0.3 is 25.0 Å². The SMILES string of the molecule is COC(=O)NCCCc1nc([C@@H](C)N(C(=O)[C@H]2CNCCO2)C2CC2)nn1-c1cccc(Cl)c1. The lowest BCUT2D eigenvalue weighted by Gasteiger charge is -2.33. The van der Waals surface area contributed by atoms with Crippen molar-refractivity contribution in [1.82, 2.24) is 30.3 Å². The number of rotatable bonds is 9.